The molecule has 2 aliphatic heterocycles. The topological polar surface area (TPSA) is 38.8 Å². The minimum Gasteiger partial charge on any atom is -0.368 e. The summed E-state index contributed by atoms with van der Waals surface area (Å²) in [6, 6.07) is 7.97. The van der Waals surface area contributed by atoms with E-state index in [-0.39, 0.29) is 11.6 Å². The number of hydrogen-bond donors (Lipinski definition) is 1. The average Bonchev–Trinajstić information content (AvgIpc) is 2.67. The minimum atomic E-state index is 0.0126. The maximum Gasteiger partial charge on any atom is 0.317 e. The van der Waals surface area contributed by atoms with Crippen LogP contribution < -0.4 is 10.2 Å². The first-order chi connectivity index (χ1) is 12.5. The number of likely N-dealkylation sites (tertiary alicyclic amines) is 1. The number of piperazine rings is 1. The van der Waals surface area contributed by atoms with E-state index in [0.717, 1.165) is 50.0 Å². The summed E-state index contributed by atoms with van der Waals surface area (Å²) in [6.07, 6.45) is 3.86. The molecule has 1 N–H and O–H groups in total. The minimum absolute atomic E-state index is 0.0126. The number of nitrogens with one attached hydrogen (secondary N) is 1. The van der Waals surface area contributed by atoms with Gasteiger partial charge in [-0.15, -0.1) is 0 Å². The molecule has 1 aromatic carbocycles. The number of carbonyl (C=O) groups excluding carboxylic acids is 1. The van der Waals surface area contributed by atoms with Crippen molar-refractivity contribution in [1.82, 2.24) is 15.1 Å². The third-order valence-electron chi connectivity index (χ3n) is 5.62. The predicted octanol–water partition coefficient (Wildman–Crippen LogP) is 3.44. The van der Waals surface area contributed by atoms with Crippen molar-refractivity contribution in [3.05, 3.63) is 29.3 Å². The van der Waals surface area contributed by atoms with Crippen LogP contribution in [0.25, 0.3) is 0 Å². The van der Waals surface area contributed by atoms with Gasteiger partial charge in [-0.25, -0.2) is 4.79 Å². The van der Waals surface area contributed by atoms with Crippen LogP contribution in [0.1, 0.15) is 33.1 Å². The van der Waals surface area contributed by atoms with Gasteiger partial charge in [0.25, 0.3) is 0 Å². The van der Waals surface area contributed by atoms with Gasteiger partial charge in [0.05, 0.1) is 0 Å². The van der Waals surface area contributed by atoms with Gasteiger partial charge in [0.15, 0.2) is 0 Å². The Morgan fingerprint density at radius 1 is 1.08 bits per heavy atom. The molecule has 0 radical (unpaired) electrons. The average molecular weight is 379 g/mol. The van der Waals surface area contributed by atoms with E-state index in [1.165, 1.54) is 19.3 Å². The van der Waals surface area contributed by atoms with E-state index in [4.69, 9.17) is 11.6 Å². The van der Waals surface area contributed by atoms with Crippen LogP contribution in [0.3, 0.4) is 0 Å². The van der Waals surface area contributed by atoms with E-state index in [0.29, 0.717) is 6.54 Å². The molecule has 0 aromatic heterocycles. The van der Waals surface area contributed by atoms with E-state index in [1.54, 1.807) is 0 Å². The van der Waals surface area contributed by atoms with Crippen LogP contribution in [0.2, 0.25) is 5.02 Å². The second-order valence-electron chi connectivity index (χ2n) is 7.97. The number of anilines is 1. The van der Waals surface area contributed by atoms with Crippen molar-refractivity contribution >= 4 is 23.3 Å². The Kier molecular flexibility index (Phi) is 6.30. The zero-order valence-electron chi connectivity index (χ0n) is 16.0. The molecule has 2 fully saturated rings. The number of amides is 2. The fraction of sp³-hybridized carbons (Fsp3) is 0.650. The van der Waals surface area contributed by atoms with Crippen molar-refractivity contribution in [1.29, 1.82) is 0 Å². The second-order valence-corrected chi connectivity index (χ2v) is 8.41. The number of halogens is 1. The zero-order valence-corrected chi connectivity index (χ0v) is 16.8. The van der Waals surface area contributed by atoms with Crippen LogP contribution in [-0.2, 0) is 0 Å². The lowest BCUT2D eigenvalue weighted by Crippen LogP contribution is -2.57. The van der Waals surface area contributed by atoms with E-state index >= 15 is 0 Å². The fourth-order valence-electron chi connectivity index (χ4n) is 3.86. The molecule has 3 rings (SSSR count). The summed E-state index contributed by atoms with van der Waals surface area (Å²) in [5.74, 6) is 0. The molecule has 6 heteroatoms. The molecule has 1 aromatic rings. The number of nitrogens with zero attached hydrogens (tertiary/aromatic N) is 3. The smallest absolute Gasteiger partial charge is 0.317 e. The van der Waals surface area contributed by atoms with Crippen LogP contribution in [0.4, 0.5) is 10.5 Å². The van der Waals surface area contributed by atoms with Crippen molar-refractivity contribution in [2.24, 2.45) is 0 Å². The van der Waals surface area contributed by atoms with Gasteiger partial charge in [-0.2, -0.15) is 0 Å². The van der Waals surface area contributed by atoms with E-state index in [2.05, 4.69) is 35.0 Å². The first-order valence-electron chi connectivity index (χ1n) is 9.74. The molecule has 144 valence electrons. The Hall–Kier alpha value is -1.46. The van der Waals surface area contributed by atoms with Crippen molar-refractivity contribution < 1.29 is 4.79 Å². The molecular weight excluding hydrogens is 348 g/mol. The van der Waals surface area contributed by atoms with Gasteiger partial charge >= 0.3 is 6.03 Å². The molecule has 5 nitrogen and oxygen atoms in total. The van der Waals surface area contributed by atoms with Crippen LogP contribution in [0.15, 0.2) is 24.3 Å². The monoisotopic (exact) mass is 378 g/mol. The summed E-state index contributed by atoms with van der Waals surface area (Å²) in [4.78, 5) is 19.3. The number of carbonyl (C=O) groups is 1. The Bertz CT molecular complexity index is 608. The van der Waals surface area contributed by atoms with Gasteiger partial charge in [0.1, 0.15) is 0 Å². The number of urea groups is 1. The Morgan fingerprint density at radius 2 is 1.77 bits per heavy atom. The summed E-state index contributed by atoms with van der Waals surface area (Å²) in [5.41, 5.74) is 1.14. The van der Waals surface area contributed by atoms with Crippen molar-refractivity contribution in [2.45, 2.75) is 38.6 Å². The number of rotatable bonds is 4. The molecule has 0 bridgehead atoms. The molecule has 2 aliphatic rings. The Morgan fingerprint density at radius 3 is 2.42 bits per heavy atom. The normalized spacial score (nSPS) is 19.5. The fourth-order valence-corrected chi connectivity index (χ4v) is 4.04. The van der Waals surface area contributed by atoms with Gasteiger partial charge in [0.2, 0.25) is 0 Å². The van der Waals surface area contributed by atoms with Crippen LogP contribution in [0.5, 0.6) is 0 Å². The highest BCUT2D eigenvalue weighted by Crippen LogP contribution is 2.22. The highest BCUT2D eigenvalue weighted by atomic mass is 35.5. The summed E-state index contributed by atoms with van der Waals surface area (Å²) in [6.45, 7) is 10.6. The highest BCUT2D eigenvalue weighted by molar-refractivity contribution is 6.30. The van der Waals surface area contributed by atoms with Gasteiger partial charge < -0.3 is 15.1 Å². The van der Waals surface area contributed by atoms with E-state index < -0.39 is 0 Å². The molecule has 0 unspecified atom stereocenters. The maximum absolute atomic E-state index is 12.6. The standard InChI is InChI=1S/C20H31ClN4O/c1-20(2,25-9-4-3-5-10-25)16-22-19(26)24-13-11-23(12-14-24)18-8-6-7-17(21)15-18/h6-8,15H,3-5,9-14,16H2,1-2H3,(H,22,26). The first-order valence-corrected chi connectivity index (χ1v) is 10.1. The van der Waals surface area contributed by atoms with Crippen molar-refractivity contribution in [3.8, 4) is 0 Å². The molecule has 0 atom stereocenters. The van der Waals surface area contributed by atoms with Gasteiger partial charge in [-0.1, -0.05) is 24.1 Å². The van der Waals surface area contributed by atoms with Crippen LogP contribution in [-0.4, -0.2) is 67.2 Å². The molecule has 26 heavy (non-hydrogen) atoms. The summed E-state index contributed by atoms with van der Waals surface area (Å²) in [5, 5.41) is 3.91. The summed E-state index contributed by atoms with van der Waals surface area (Å²) in [7, 11) is 0. The van der Waals surface area contributed by atoms with Gasteiger partial charge in [-0.3, -0.25) is 4.90 Å². The van der Waals surface area contributed by atoms with Crippen LogP contribution in [0, 0.1) is 0 Å². The van der Waals surface area contributed by atoms with Gasteiger partial charge in [0, 0.05) is 49.0 Å². The molecule has 0 saturated carbocycles. The predicted molar refractivity (Wildman–Crippen MR) is 108 cm³/mol. The molecule has 2 saturated heterocycles. The maximum atomic E-state index is 12.6. The quantitative estimate of drug-likeness (QED) is 0.872. The number of hydrogen-bond acceptors (Lipinski definition) is 3. The lowest BCUT2D eigenvalue weighted by atomic mass is 9.98. The number of piperidine rings is 1. The van der Waals surface area contributed by atoms with Gasteiger partial charge in [-0.05, 0) is 58.0 Å². The summed E-state index contributed by atoms with van der Waals surface area (Å²) < 4.78 is 0. The lowest BCUT2D eigenvalue weighted by Gasteiger charge is -2.42. The molecular formula is C20H31ClN4O. The molecule has 0 spiro atoms. The second kappa shape index (κ2) is 8.49. The van der Waals surface area contributed by atoms with E-state index in [9.17, 15) is 4.79 Å². The third-order valence-corrected chi connectivity index (χ3v) is 5.86. The molecule has 2 heterocycles. The van der Waals surface area contributed by atoms with E-state index in [1.807, 2.05) is 23.1 Å². The first kappa shape index (κ1) is 19.3. The third kappa shape index (κ3) is 4.83. The SMILES string of the molecule is CC(C)(CNC(=O)N1CCN(c2cccc(Cl)c2)CC1)N1CCCCC1. The zero-order chi connectivity index (χ0) is 18.6. The molecule has 2 amide bonds. The largest absolute Gasteiger partial charge is 0.368 e. The Labute approximate surface area is 162 Å². The Balaban J connectivity index is 1.46. The molecule has 0 aliphatic carbocycles. The number of benzene rings is 1. The van der Waals surface area contributed by atoms with Crippen molar-refractivity contribution in [3.63, 3.8) is 0 Å². The highest BCUT2D eigenvalue weighted by Gasteiger charge is 2.29. The lowest BCUT2D eigenvalue weighted by molar-refractivity contribution is 0.0937. The van der Waals surface area contributed by atoms with Crippen LogP contribution >= 0.6 is 11.6 Å². The summed E-state index contributed by atoms with van der Waals surface area (Å²) >= 11 is 6.09. The van der Waals surface area contributed by atoms with Crippen molar-refractivity contribution in [2.75, 3.05) is 50.7 Å².